The summed E-state index contributed by atoms with van der Waals surface area (Å²) in [4.78, 5) is 18.9. The van der Waals surface area contributed by atoms with Gasteiger partial charge >= 0.3 is 0 Å². The van der Waals surface area contributed by atoms with Crippen LogP contribution in [0.3, 0.4) is 0 Å². The molecule has 0 unspecified atom stereocenters. The van der Waals surface area contributed by atoms with Crippen LogP contribution >= 0.6 is 11.8 Å². The molecule has 3 rings (SSSR count). The van der Waals surface area contributed by atoms with E-state index in [0.29, 0.717) is 44.2 Å². The highest BCUT2D eigenvalue weighted by Crippen LogP contribution is 2.24. The lowest BCUT2D eigenvalue weighted by atomic mass is 10.2. The fourth-order valence-corrected chi connectivity index (χ4v) is 3.20. The monoisotopic (exact) mass is 364 g/mol. The Morgan fingerprint density at radius 1 is 1.52 bits per heavy atom. The van der Waals surface area contributed by atoms with Gasteiger partial charge in [0.1, 0.15) is 11.1 Å². The molecular formula is C15H20N6O3S. The molecule has 25 heavy (non-hydrogen) atoms. The highest BCUT2D eigenvalue weighted by molar-refractivity contribution is 7.98. The number of morpholine rings is 1. The minimum Gasteiger partial charge on any atom is -0.383 e. The quantitative estimate of drug-likeness (QED) is 0.690. The van der Waals surface area contributed by atoms with E-state index in [1.807, 2.05) is 6.26 Å². The Morgan fingerprint density at radius 2 is 2.40 bits per heavy atom. The van der Waals surface area contributed by atoms with Gasteiger partial charge in [0, 0.05) is 19.9 Å². The van der Waals surface area contributed by atoms with Crippen molar-refractivity contribution in [1.82, 2.24) is 30.1 Å². The predicted octanol–water partition coefficient (Wildman–Crippen LogP) is 0.650. The molecule has 0 N–H and O–H groups in total. The molecule has 1 aliphatic rings. The third kappa shape index (κ3) is 3.97. The first kappa shape index (κ1) is 17.8. The predicted molar refractivity (Wildman–Crippen MR) is 90.3 cm³/mol. The fraction of sp³-hybridized carbons (Fsp3) is 0.533. The van der Waals surface area contributed by atoms with Gasteiger partial charge in [-0.2, -0.15) is 0 Å². The van der Waals surface area contributed by atoms with Gasteiger partial charge in [-0.25, -0.2) is 9.67 Å². The molecule has 1 fully saturated rings. The number of carbonyl (C=O) groups is 1. The first-order valence-electron chi connectivity index (χ1n) is 7.89. The molecule has 3 heterocycles. The molecule has 0 spiro atoms. The van der Waals surface area contributed by atoms with Crippen LogP contribution in [0, 0.1) is 0 Å². The van der Waals surface area contributed by atoms with Crippen LogP contribution in [0.2, 0.25) is 0 Å². The Morgan fingerprint density at radius 3 is 3.20 bits per heavy atom. The van der Waals surface area contributed by atoms with E-state index in [2.05, 4.69) is 20.5 Å². The van der Waals surface area contributed by atoms with E-state index in [0.717, 1.165) is 5.03 Å². The van der Waals surface area contributed by atoms with Crippen LogP contribution in [0.1, 0.15) is 22.3 Å². The van der Waals surface area contributed by atoms with Crippen LogP contribution < -0.4 is 0 Å². The van der Waals surface area contributed by atoms with Crippen molar-refractivity contribution in [2.45, 2.75) is 17.7 Å². The van der Waals surface area contributed by atoms with E-state index >= 15 is 0 Å². The van der Waals surface area contributed by atoms with Crippen molar-refractivity contribution in [2.75, 3.05) is 39.7 Å². The molecule has 1 saturated heterocycles. The number of methoxy groups -OCH3 is 1. The average Bonchev–Trinajstić information content (AvgIpc) is 3.14. The molecular weight excluding hydrogens is 344 g/mol. The lowest BCUT2D eigenvalue weighted by Gasteiger charge is -2.32. The van der Waals surface area contributed by atoms with Crippen molar-refractivity contribution in [3.8, 4) is 0 Å². The zero-order valence-electron chi connectivity index (χ0n) is 14.2. The summed E-state index contributed by atoms with van der Waals surface area (Å²) in [7, 11) is 1.62. The van der Waals surface area contributed by atoms with Gasteiger partial charge in [-0.15, -0.1) is 16.9 Å². The zero-order valence-corrected chi connectivity index (χ0v) is 15.0. The Balaban J connectivity index is 1.75. The van der Waals surface area contributed by atoms with Gasteiger partial charge in [-0.05, 0) is 28.8 Å². The first-order valence-corrected chi connectivity index (χ1v) is 9.12. The minimum absolute atomic E-state index is 0.0540. The van der Waals surface area contributed by atoms with Gasteiger partial charge in [-0.1, -0.05) is 0 Å². The molecule has 0 bridgehead atoms. The standard InChI is InChI=1S/C15H20N6O3S/c1-23-8-7-21-13(17-18-19-21)12-10-20(6-9-24-12)15(22)11-4-3-5-16-14(11)25-2/h3-5,12H,6-10H2,1-2H3/t12-/m1/s1. The number of carbonyl (C=O) groups excluding carboxylic acids is 1. The molecule has 2 aromatic rings. The average molecular weight is 364 g/mol. The van der Waals surface area contributed by atoms with Crippen molar-refractivity contribution in [3.05, 3.63) is 29.7 Å². The smallest absolute Gasteiger partial charge is 0.256 e. The SMILES string of the molecule is COCCn1nnnc1[C@H]1CN(C(=O)c2cccnc2SC)CCO1. The van der Waals surface area contributed by atoms with Crippen LogP contribution in [-0.2, 0) is 16.0 Å². The number of aromatic nitrogens is 5. The minimum atomic E-state index is -0.362. The van der Waals surface area contributed by atoms with Crippen molar-refractivity contribution >= 4 is 17.7 Å². The van der Waals surface area contributed by atoms with Gasteiger partial charge in [0.15, 0.2) is 5.82 Å². The second-order valence-electron chi connectivity index (χ2n) is 5.42. The molecule has 9 nitrogen and oxygen atoms in total. The number of ether oxygens (including phenoxy) is 2. The summed E-state index contributed by atoms with van der Waals surface area (Å²) >= 11 is 1.46. The summed E-state index contributed by atoms with van der Waals surface area (Å²) in [5.41, 5.74) is 0.606. The maximum atomic E-state index is 12.9. The van der Waals surface area contributed by atoms with Gasteiger partial charge < -0.3 is 14.4 Å². The Bertz CT molecular complexity index is 725. The lowest BCUT2D eigenvalue weighted by Crippen LogP contribution is -2.43. The molecule has 0 saturated carbocycles. The summed E-state index contributed by atoms with van der Waals surface area (Å²) in [6.45, 7) is 2.39. The number of tetrazole rings is 1. The number of thioether (sulfide) groups is 1. The number of amides is 1. The van der Waals surface area contributed by atoms with Gasteiger partial charge in [0.2, 0.25) is 0 Å². The molecule has 1 atom stereocenters. The zero-order chi connectivity index (χ0) is 17.6. The maximum Gasteiger partial charge on any atom is 0.256 e. The normalized spacial score (nSPS) is 17.7. The van der Waals surface area contributed by atoms with Gasteiger partial charge in [0.05, 0.1) is 31.9 Å². The Labute approximate surface area is 149 Å². The van der Waals surface area contributed by atoms with E-state index in [9.17, 15) is 4.79 Å². The van der Waals surface area contributed by atoms with E-state index in [4.69, 9.17) is 9.47 Å². The van der Waals surface area contributed by atoms with Gasteiger partial charge in [-0.3, -0.25) is 4.79 Å². The second kappa shape index (κ2) is 8.37. The number of nitrogens with zero attached hydrogens (tertiary/aromatic N) is 6. The van der Waals surface area contributed by atoms with E-state index in [1.165, 1.54) is 11.8 Å². The summed E-state index contributed by atoms with van der Waals surface area (Å²) in [5.74, 6) is 0.549. The number of hydrogen-bond acceptors (Lipinski definition) is 8. The molecule has 0 aromatic carbocycles. The van der Waals surface area contributed by atoms with Crippen LogP contribution in [-0.4, -0.2) is 75.7 Å². The van der Waals surface area contributed by atoms with Crippen molar-refractivity contribution in [2.24, 2.45) is 0 Å². The molecule has 10 heteroatoms. The Hall–Kier alpha value is -2.04. The highest BCUT2D eigenvalue weighted by atomic mass is 32.2. The molecule has 1 amide bonds. The fourth-order valence-electron chi connectivity index (χ4n) is 2.66. The van der Waals surface area contributed by atoms with Gasteiger partial charge in [0.25, 0.3) is 5.91 Å². The van der Waals surface area contributed by atoms with Crippen LogP contribution in [0.5, 0.6) is 0 Å². The molecule has 0 radical (unpaired) electrons. The van der Waals surface area contributed by atoms with Crippen molar-refractivity contribution in [1.29, 1.82) is 0 Å². The molecule has 134 valence electrons. The van der Waals surface area contributed by atoms with E-state index in [1.54, 1.807) is 35.0 Å². The topological polar surface area (TPSA) is 95.3 Å². The third-order valence-electron chi connectivity index (χ3n) is 3.90. The van der Waals surface area contributed by atoms with Crippen LogP contribution in [0.15, 0.2) is 23.4 Å². The summed E-state index contributed by atoms with van der Waals surface area (Å²) < 4.78 is 12.5. The summed E-state index contributed by atoms with van der Waals surface area (Å²) in [6.07, 6.45) is 3.24. The summed E-state index contributed by atoms with van der Waals surface area (Å²) in [6, 6.07) is 3.57. The van der Waals surface area contributed by atoms with E-state index < -0.39 is 0 Å². The maximum absolute atomic E-state index is 12.9. The molecule has 2 aromatic heterocycles. The van der Waals surface area contributed by atoms with Crippen molar-refractivity contribution in [3.63, 3.8) is 0 Å². The molecule has 1 aliphatic heterocycles. The number of hydrogen-bond donors (Lipinski definition) is 0. The Kier molecular flexibility index (Phi) is 5.95. The first-order chi connectivity index (χ1) is 12.2. The van der Waals surface area contributed by atoms with Crippen molar-refractivity contribution < 1.29 is 14.3 Å². The summed E-state index contributed by atoms with van der Waals surface area (Å²) in [5, 5.41) is 12.5. The number of pyridine rings is 1. The van der Waals surface area contributed by atoms with E-state index in [-0.39, 0.29) is 12.0 Å². The van der Waals surface area contributed by atoms with Crippen LogP contribution in [0.4, 0.5) is 0 Å². The lowest BCUT2D eigenvalue weighted by molar-refractivity contribution is -0.0293. The third-order valence-corrected chi connectivity index (χ3v) is 4.62. The number of rotatable bonds is 6. The highest BCUT2D eigenvalue weighted by Gasteiger charge is 2.30. The second-order valence-corrected chi connectivity index (χ2v) is 6.22. The molecule has 0 aliphatic carbocycles. The van der Waals surface area contributed by atoms with Crippen LogP contribution in [0.25, 0.3) is 0 Å². The largest absolute Gasteiger partial charge is 0.383 e.